The molecule has 1 aromatic rings. The molecule has 6 nitrogen and oxygen atoms in total. The molecule has 0 radical (unpaired) electrons. The van der Waals surface area contributed by atoms with E-state index >= 15 is 0 Å². The number of rotatable bonds is 11. The summed E-state index contributed by atoms with van der Waals surface area (Å²) in [5.41, 5.74) is 0. The van der Waals surface area contributed by atoms with E-state index in [1.54, 1.807) is 12.1 Å². The van der Waals surface area contributed by atoms with Gasteiger partial charge in [-0.2, -0.15) is 4.91 Å². The van der Waals surface area contributed by atoms with Crippen LogP contribution in [0.25, 0.3) is 0 Å². The lowest BCUT2D eigenvalue weighted by Crippen LogP contribution is -2.35. The molecule has 2 N–H and O–H groups in total. The molecule has 0 amide bonds. The lowest BCUT2D eigenvalue weighted by molar-refractivity contribution is 0.102. The van der Waals surface area contributed by atoms with Gasteiger partial charge in [-0.25, -0.2) is 0 Å². The molecule has 1 rings (SSSR count). The Morgan fingerprint density at radius 2 is 1.90 bits per heavy atom. The normalized spacial score (nSPS) is 12.2. The van der Waals surface area contributed by atoms with Crippen LogP contribution in [0, 0.1) is 4.91 Å². The van der Waals surface area contributed by atoms with Gasteiger partial charge in [0.15, 0.2) is 11.5 Å². The summed E-state index contributed by atoms with van der Waals surface area (Å²) in [7, 11) is 0. The van der Waals surface area contributed by atoms with Crippen molar-refractivity contribution in [1.29, 1.82) is 0 Å². The van der Waals surface area contributed by atoms with E-state index < -0.39 is 6.10 Å². The van der Waals surface area contributed by atoms with E-state index in [9.17, 15) is 10.0 Å². The Bertz CT molecular complexity index is 412. The lowest BCUT2D eigenvalue weighted by atomic mass is 10.3. The standard InChI is InChI=1S/C15H24N2O4/c1-12(2)16-10-13(18)11-21-15-7-4-3-6-14(15)20-9-5-8-17-19/h3-4,6-7,12-13,16,18H,5,8-11H2,1-2H3. The molecule has 21 heavy (non-hydrogen) atoms. The molecular formula is C15H24N2O4. The molecular weight excluding hydrogens is 272 g/mol. The predicted octanol–water partition coefficient (Wildman–Crippen LogP) is 1.96. The zero-order valence-corrected chi connectivity index (χ0v) is 12.6. The Kier molecular flexibility index (Phi) is 8.38. The average Bonchev–Trinajstić information content (AvgIpc) is 2.48. The Morgan fingerprint density at radius 1 is 1.24 bits per heavy atom. The minimum absolute atomic E-state index is 0.190. The number of hydrogen-bond donors (Lipinski definition) is 2. The topological polar surface area (TPSA) is 80.2 Å². The molecule has 1 atom stereocenters. The fourth-order valence-corrected chi connectivity index (χ4v) is 1.62. The van der Waals surface area contributed by atoms with E-state index in [2.05, 4.69) is 10.5 Å². The number of nitroso groups, excluding NO2 is 1. The van der Waals surface area contributed by atoms with Crippen molar-refractivity contribution < 1.29 is 14.6 Å². The van der Waals surface area contributed by atoms with Gasteiger partial charge in [-0.15, -0.1) is 0 Å². The molecule has 0 fully saturated rings. The molecule has 118 valence electrons. The fraction of sp³-hybridized carbons (Fsp3) is 0.600. The maximum Gasteiger partial charge on any atom is 0.161 e. The maximum absolute atomic E-state index is 10.0. The number of benzene rings is 1. The van der Waals surface area contributed by atoms with Gasteiger partial charge in [0.25, 0.3) is 0 Å². The van der Waals surface area contributed by atoms with Gasteiger partial charge in [-0.3, -0.25) is 0 Å². The SMILES string of the molecule is CC(C)NCC(O)COc1ccccc1OCCCN=O. The molecule has 0 saturated heterocycles. The molecule has 0 bridgehead atoms. The molecule has 1 unspecified atom stereocenters. The Labute approximate surface area is 125 Å². The second kappa shape index (κ2) is 10.1. The second-order valence-corrected chi connectivity index (χ2v) is 5.03. The number of ether oxygens (including phenoxy) is 2. The molecule has 0 spiro atoms. The first kappa shape index (κ1) is 17.4. The summed E-state index contributed by atoms with van der Waals surface area (Å²) in [5.74, 6) is 1.19. The van der Waals surface area contributed by atoms with Gasteiger partial charge < -0.3 is 19.9 Å². The highest BCUT2D eigenvalue weighted by molar-refractivity contribution is 5.39. The average molecular weight is 296 g/mol. The molecule has 0 aliphatic rings. The summed E-state index contributed by atoms with van der Waals surface area (Å²) in [6.07, 6.45) is -0.0154. The van der Waals surface area contributed by atoms with Gasteiger partial charge in [0.05, 0.1) is 13.2 Å². The third-order valence-corrected chi connectivity index (χ3v) is 2.69. The Balaban J connectivity index is 2.41. The maximum atomic E-state index is 10.0. The van der Waals surface area contributed by atoms with E-state index in [4.69, 9.17) is 9.47 Å². The summed E-state index contributed by atoms with van der Waals surface area (Å²) in [6.45, 7) is 5.35. The third kappa shape index (κ3) is 7.63. The number of nitrogens with one attached hydrogen (secondary N) is 1. The van der Waals surface area contributed by atoms with Crippen molar-refractivity contribution in [3.8, 4) is 11.5 Å². The smallest absolute Gasteiger partial charge is 0.161 e. The number of nitrogens with zero attached hydrogens (tertiary/aromatic N) is 1. The first-order valence-corrected chi connectivity index (χ1v) is 7.18. The minimum Gasteiger partial charge on any atom is -0.490 e. The highest BCUT2D eigenvalue weighted by Gasteiger charge is 2.09. The van der Waals surface area contributed by atoms with Crippen LogP contribution in [0.4, 0.5) is 0 Å². The van der Waals surface area contributed by atoms with Crippen molar-refractivity contribution in [1.82, 2.24) is 5.32 Å². The Morgan fingerprint density at radius 3 is 2.52 bits per heavy atom. The van der Waals surface area contributed by atoms with E-state index in [0.717, 1.165) is 0 Å². The highest BCUT2D eigenvalue weighted by Crippen LogP contribution is 2.26. The molecule has 1 aromatic carbocycles. The van der Waals surface area contributed by atoms with Crippen molar-refractivity contribution in [2.24, 2.45) is 5.18 Å². The van der Waals surface area contributed by atoms with Crippen LogP contribution >= 0.6 is 0 Å². The van der Waals surface area contributed by atoms with Crippen LogP contribution < -0.4 is 14.8 Å². The lowest BCUT2D eigenvalue weighted by Gasteiger charge is -2.16. The molecule has 0 aromatic heterocycles. The van der Waals surface area contributed by atoms with Crippen LogP contribution in [-0.4, -0.2) is 43.6 Å². The third-order valence-electron chi connectivity index (χ3n) is 2.69. The van der Waals surface area contributed by atoms with Crippen molar-refractivity contribution >= 4 is 0 Å². The Hall–Kier alpha value is -1.66. The van der Waals surface area contributed by atoms with E-state index in [1.807, 2.05) is 26.0 Å². The van der Waals surface area contributed by atoms with Crippen LogP contribution in [0.5, 0.6) is 11.5 Å². The van der Waals surface area contributed by atoms with E-state index in [-0.39, 0.29) is 13.2 Å². The van der Waals surface area contributed by atoms with Gasteiger partial charge >= 0.3 is 0 Å². The van der Waals surface area contributed by atoms with Crippen LogP contribution in [-0.2, 0) is 0 Å². The molecule has 0 aliphatic carbocycles. The summed E-state index contributed by atoms with van der Waals surface area (Å²) < 4.78 is 11.1. The second-order valence-electron chi connectivity index (χ2n) is 5.03. The van der Waals surface area contributed by atoms with Gasteiger partial charge in [-0.05, 0) is 12.1 Å². The fourth-order valence-electron chi connectivity index (χ4n) is 1.62. The largest absolute Gasteiger partial charge is 0.490 e. The zero-order valence-electron chi connectivity index (χ0n) is 12.6. The van der Waals surface area contributed by atoms with Crippen molar-refractivity contribution in [2.75, 3.05) is 26.3 Å². The number of hydrogen-bond acceptors (Lipinski definition) is 6. The van der Waals surface area contributed by atoms with Crippen molar-refractivity contribution in [3.63, 3.8) is 0 Å². The molecule has 0 heterocycles. The summed E-state index contributed by atoms with van der Waals surface area (Å²) >= 11 is 0. The van der Waals surface area contributed by atoms with Gasteiger partial charge in [0.2, 0.25) is 0 Å². The van der Waals surface area contributed by atoms with Crippen molar-refractivity contribution in [3.05, 3.63) is 29.2 Å². The number of aliphatic hydroxyl groups excluding tert-OH is 1. The van der Waals surface area contributed by atoms with Crippen LogP contribution in [0.2, 0.25) is 0 Å². The first-order valence-electron chi connectivity index (χ1n) is 7.18. The predicted molar refractivity (Wildman–Crippen MR) is 81.9 cm³/mol. The van der Waals surface area contributed by atoms with Crippen LogP contribution in [0.1, 0.15) is 20.3 Å². The number of aliphatic hydroxyl groups is 1. The monoisotopic (exact) mass is 296 g/mol. The first-order chi connectivity index (χ1) is 10.1. The summed E-state index contributed by atoms with van der Waals surface area (Å²) in [4.78, 5) is 10.0. The quantitative estimate of drug-likeness (QED) is 0.482. The van der Waals surface area contributed by atoms with Gasteiger partial charge in [-0.1, -0.05) is 31.2 Å². The van der Waals surface area contributed by atoms with E-state index in [1.165, 1.54) is 0 Å². The van der Waals surface area contributed by atoms with Gasteiger partial charge in [0, 0.05) is 19.0 Å². The molecule has 6 heteroatoms. The minimum atomic E-state index is -0.584. The van der Waals surface area contributed by atoms with Crippen molar-refractivity contribution in [2.45, 2.75) is 32.4 Å². The summed E-state index contributed by atoms with van der Waals surface area (Å²) in [5, 5.41) is 15.7. The summed E-state index contributed by atoms with van der Waals surface area (Å²) in [6, 6.07) is 7.59. The van der Waals surface area contributed by atoms with E-state index in [0.29, 0.717) is 37.1 Å². The zero-order chi connectivity index (χ0) is 15.5. The van der Waals surface area contributed by atoms with Gasteiger partial charge in [0.1, 0.15) is 12.7 Å². The van der Waals surface area contributed by atoms with Crippen LogP contribution in [0.3, 0.4) is 0 Å². The number of para-hydroxylation sites is 2. The highest BCUT2D eigenvalue weighted by atomic mass is 16.5. The van der Waals surface area contributed by atoms with Crippen LogP contribution in [0.15, 0.2) is 29.4 Å². The molecule has 0 saturated carbocycles. The molecule has 0 aliphatic heterocycles.